The lowest BCUT2D eigenvalue weighted by Crippen LogP contribution is -2.47. The Morgan fingerprint density at radius 3 is 2.42 bits per heavy atom. The second-order valence-electron chi connectivity index (χ2n) is 6.70. The van der Waals surface area contributed by atoms with Crippen molar-refractivity contribution in [3.05, 3.63) is 52.6 Å². The zero-order valence-electron chi connectivity index (χ0n) is 14.5. The van der Waals surface area contributed by atoms with Crippen LogP contribution in [-0.2, 0) is 11.3 Å². The Hall–Kier alpha value is -2.55. The molecule has 0 spiro atoms. The zero-order valence-corrected chi connectivity index (χ0v) is 14.5. The van der Waals surface area contributed by atoms with Crippen LogP contribution < -0.4 is 27.8 Å². The fraction of sp³-hybridized carbons (Fsp3) is 0.389. The van der Waals surface area contributed by atoms with Crippen molar-refractivity contribution in [2.24, 2.45) is 11.5 Å². The average molecular weight is 356 g/mol. The maximum atomic E-state index is 12.1. The summed E-state index contributed by atoms with van der Waals surface area (Å²) < 4.78 is 1.42. The summed E-state index contributed by atoms with van der Waals surface area (Å²) in [6.45, 7) is 0.722. The van der Waals surface area contributed by atoms with Crippen molar-refractivity contribution in [2.75, 3.05) is 5.32 Å². The van der Waals surface area contributed by atoms with Crippen molar-refractivity contribution >= 4 is 12.2 Å². The van der Waals surface area contributed by atoms with Crippen LogP contribution in [0.15, 0.2) is 41.3 Å². The molecule has 1 aliphatic carbocycles. The molecule has 0 bridgehead atoms. The summed E-state index contributed by atoms with van der Waals surface area (Å²) in [5.41, 5.74) is 13.4. The van der Waals surface area contributed by atoms with Crippen LogP contribution in [0.4, 0.5) is 5.82 Å². The van der Waals surface area contributed by atoms with E-state index >= 15 is 0 Å². The third-order valence-electron chi connectivity index (χ3n) is 4.60. The Morgan fingerprint density at radius 1 is 1.12 bits per heavy atom. The third-order valence-corrected chi connectivity index (χ3v) is 4.60. The molecule has 1 aromatic heterocycles. The van der Waals surface area contributed by atoms with E-state index in [4.69, 9.17) is 11.5 Å². The lowest BCUT2D eigenvalue weighted by atomic mass is 9.88. The minimum Gasteiger partial charge on any atom is -0.328 e. The molecule has 0 aliphatic heterocycles. The Bertz CT molecular complexity index is 794. The van der Waals surface area contributed by atoms with Gasteiger partial charge in [-0.05, 0) is 43.0 Å². The molecular formula is C18H24N6O2. The van der Waals surface area contributed by atoms with Gasteiger partial charge >= 0.3 is 5.69 Å². The van der Waals surface area contributed by atoms with Crippen molar-refractivity contribution in [1.82, 2.24) is 14.9 Å². The number of hydrogen-bond acceptors (Lipinski definition) is 6. The van der Waals surface area contributed by atoms with Gasteiger partial charge in [0.1, 0.15) is 5.82 Å². The van der Waals surface area contributed by atoms with Gasteiger partial charge in [0.05, 0.1) is 5.69 Å². The molecule has 0 radical (unpaired) electrons. The average Bonchev–Trinajstić information content (AvgIpc) is 2.60. The highest BCUT2D eigenvalue weighted by atomic mass is 16.1. The van der Waals surface area contributed by atoms with Crippen LogP contribution in [0.25, 0.3) is 5.69 Å². The van der Waals surface area contributed by atoms with Crippen LogP contribution in [0.3, 0.4) is 0 Å². The van der Waals surface area contributed by atoms with Crippen molar-refractivity contribution in [3.8, 4) is 5.69 Å². The van der Waals surface area contributed by atoms with Crippen LogP contribution in [0.1, 0.15) is 24.8 Å². The molecular weight excluding hydrogens is 332 g/mol. The van der Waals surface area contributed by atoms with Gasteiger partial charge in [0, 0.05) is 30.9 Å². The quantitative estimate of drug-likeness (QED) is 0.544. The van der Waals surface area contributed by atoms with Gasteiger partial charge in [0.15, 0.2) is 0 Å². The number of carbonyl (C=O) groups is 1. The molecule has 1 amide bonds. The van der Waals surface area contributed by atoms with Crippen molar-refractivity contribution in [2.45, 2.75) is 43.9 Å². The van der Waals surface area contributed by atoms with Crippen LogP contribution in [0.5, 0.6) is 0 Å². The Kier molecular flexibility index (Phi) is 5.77. The van der Waals surface area contributed by atoms with Gasteiger partial charge in [0.2, 0.25) is 6.41 Å². The predicted molar refractivity (Wildman–Crippen MR) is 100.0 cm³/mol. The zero-order chi connectivity index (χ0) is 18.5. The first-order valence-electron chi connectivity index (χ1n) is 8.69. The molecule has 1 aromatic carbocycles. The number of aromatic nitrogens is 2. The molecule has 1 fully saturated rings. The van der Waals surface area contributed by atoms with E-state index in [1.54, 1.807) is 12.3 Å². The molecule has 138 valence electrons. The highest BCUT2D eigenvalue weighted by molar-refractivity contribution is 5.68. The lowest BCUT2D eigenvalue weighted by molar-refractivity contribution is -0.105. The van der Waals surface area contributed by atoms with E-state index in [-0.39, 0.29) is 17.9 Å². The highest BCUT2D eigenvalue weighted by Crippen LogP contribution is 2.17. The molecule has 1 saturated carbocycles. The minimum absolute atomic E-state index is 0.162. The fourth-order valence-corrected chi connectivity index (χ4v) is 3.35. The number of nitrogens with one attached hydrogen (secondary N) is 2. The molecule has 8 nitrogen and oxygen atoms in total. The second-order valence-corrected chi connectivity index (χ2v) is 6.70. The van der Waals surface area contributed by atoms with Crippen LogP contribution >= 0.6 is 0 Å². The maximum Gasteiger partial charge on any atom is 0.354 e. The predicted octanol–water partition coefficient (Wildman–Crippen LogP) is 0.0975. The summed E-state index contributed by atoms with van der Waals surface area (Å²) in [5, 5.41) is 5.87. The topological polar surface area (TPSA) is 128 Å². The number of amides is 1. The molecule has 1 aliphatic rings. The van der Waals surface area contributed by atoms with Crippen LogP contribution in [-0.4, -0.2) is 34.1 Å². The van der Waals surface area contributed by atoms with E-state index in [1.807, 2.05) is 24.3 Å². The number of rotatable bonds is 6. The van der Waals surface area contributed by atoms with Gasteiger partial charge < -0.3 is 22.1 Å². The first-order chi connectivity index (χ1) is 12.5. The number of anilines is 1. The molecule has 3 atom stereocenters. The number of carbonyl (C=O) groups excluding carboxylic acids is 1. The summed E-state index contributed by atoms with van der Waals surface area (Å²) >= 11 is 0. The van der Waals surface area contributed by atoms with E-state index in [0.29, 0.717) is 18.1 Å². The summed E-state index contributed by atoms with van der Waals surface area (Å²) in [6.07, 6.45) is 4.83. The largest absolute Gasteiger partial charge is 0.354 e. The normalized spacial score (nSPS) is 22.8. The standard InChI is InChI=1S/C18H24N6O2/c19-13-7-14(20)9-15(8-13)21-10-12-1-3-16(4-2-12)24-6-5-17(22-11-25)23-18(24)26/h1-6,11,13-15,21H,7-10,19-20H2,(H,22,23,25,26)/t13-,14+,15-. The first-order valence-corrected chi connectivity index (χ1v) is 8.69. The van der Waals surface area contributed by atoms with E-state index in [0.717, 1.165) is 31.4 Å². The Morgan fingerprint density at radius 2 is 1.81 bits per heavy atom. The van der Waals surface area contributed by atoms with Crippen molar-refractivity contribution < 1.29 is 4.79 Å². The molecule has 6 N–H and O–H groups in total. The minimum atomic E-state index is -0.451. The highest BCUT2D eigenvalue weighted by Gasteiger charge is 2.23. The molecule has 26 heavy (non-hydrogen) atoms. The SMILES string of the molecule is N[C@@H]1C[C@H](N)C[C@H](NCc2ccc(-n3ccc(NC=O)nc3=O)cc2)C1. The molecule has 1 heterocycles. The number of hydrogen-bond donors (Lipinski definition) is 4. The Balaban J connectivity index is 1.63. The fourth-order valence-electron chi connectivity index (χ4n) is 3.35. The smallest absolute Gasteiger partial charge is 0.328 e. The number of benzene rings is 1. The summed E-state index contributed by atoms with van der Waals surface area (Å²) in [4.78, 5) is 26.3. The molecule has 2 aromatic rings. The maximum absolute atomic E-state index is 12.1. The van der Waals surface area contributed by atoms with Gasteiger partial charge in [-0.1, -0.05) is 12.1 Å². The van der Waals surface area contributed by atoms with Gasteiger partial charge in [-0.2, -0.15) is 4.98 Å². The molecule has 0 unspecified atom stereocenters. The summed E-state index contributed by atoms with van der Waals surface area (Å²) in [6, 6.07) is 9.89. The van der Waals surface area contributed by atoms with E-state index in [9.17, 15) is 9.59 Å². The van der Waals surface area contributed by atoms with Crippen LogP contribution in [0, 0.1) is 0 Å². The monoisotopic (exact) mass is 356 g/mol. The molecule has 3 rings (SSSR count). The molecule has 0 saturated heterocycles. The van der Waals surface area contributed by atoms with E-state index in [2.05, 4.69) is 15.6 Å². The lowest BCUT2D eigenvalue weighted by Gasteiger charge is -2.31. The van der Waals surface area contributed by atoms with Gasteiger partial charge in [-0.15, -0.1) is 0 Å². The van der Waals surface area contributed by atoms with Crippen LogP contribution in [0.2, 0.25) is 0 Å². The van der Waals surface area contributed by atoms with Gasteiger partial charge in [0.25, 0.3) is 0 Å². The number of nitrogens with zero attached hydrogens (tertiary/aromatic N) is 2. The van der Waals surface area contributed by atoms with Gasteiger partial charge in [-0.3, -0.25) is 9.36 Å². The van der Waals surface area contributed by atoms with Gasteiger partial charge in [-0.25, -0.2) is 4.79 Å². The van der Waals surface area contributed by atoms with Crippen molar-refractivity contribution in [3.63, 3.8) is 0 Å². The van der Waals surface area contributed by atoms with E-state index in [1.165, 1.54) is 4.57 Å². The van der Waals surface area contributed by atoms with Crippen molar-refractivity contribution in [1.29, 1.82) is 0 Å². The first kappa shape index (κ1) is 18.2. The van der Waals surface area contributed by atoms with E-state index < -0.39 is 5.69 Å². The molecule has 8 heteroatoms. The summed E-state index contributed by atoms with van der Waals surface area (Å²) in [5.74, 6) is 0.228. The Labute approximate surface area is 151 Å². The number of nitrogens with two attached hydrogens (primary N) is 2. The third kappa shape index (κ3) is 4.54. The summed E-state index contributed by atoms with van der Waals surface area (Å²) in [7, 11) is 0. The second kappa shape index (κ2) is 8.22.